The molecule has 2 aromatic heterocycles. The van der Waals surface area contributed by atoms with E-state index in [1.165, 1.54) is 0 Å². The zero-order valence-corrected chi connectivity index (χ0v) is 10.6. The maximum Gasteiger partial charge on any atom is 0.159 e. The highest BCUT2D eigenvalue weighted by molar-refractivity contribution is 7.71. The van der Waals surface area contributed by atoms with Crippen LogP contribution in [0.5, 0.6) is 0 Å². The van der Waals surface area contributed by atoms with E-state index >= 15 is 0 Å². The van der Waals surface area contributed by atoms with Gasteiger partial charge in [0.1, 0.15) is 4.64 Å². The van der Waals surface area contributed by atoms with Crippen molar-refractivity contribution < 1.29 is 0 Å². The minimum absolute atomic E-state index is 0.660. The van der Waals surface area contributed by atoms with Crippen LogP contribution in [-0.2, 0) is 6.42 Å². The molecule has 0 atom stereocenters. The Bertz CT molecular complexity index is 601. The lowest BCUT2D eigenvalue weighted by atomic mass is 10.2. The Hall–Kier alpha value is -1.68. The lowest BCUT2D eigenvalue weighted by Gasteiger charge is -2.13. The molecule has 0 bridgehead atoms. The Morgan fingerprint density at radius 2 is 2.41 bits per heavy atom. The number of pyridine rings is 2. The van der Waals surface area contributed by atoms with Gasteiger partial charge in [-0.1, -0.05) is 25.2 Å². The van der Waals surface area contributed by atoms with Crippen molar-refractivity contribution in [2.45, 2.75) is 13.3 Å². The van der Waals surface area contributed by atoms with Crippen molar-refractivity contribution >= 4 is 23.3 Å². The topological polar surface area (TPSA) is 29.9 Å². The van der Waals surface area contributed by atoms with Crippen molar-refractivity contribution in [2.75, 3.05) is 12.0 Å². The number of hydrogen-bond donors (Lipinski definition) is 1. The highest BCUT2D eigenvalue weighted by atomic mass is 32.1. The van der Waals surface area contributed by atoms with Gasteiger partial charge in [-0.15, -0.1) is 6.58 Å². The molecule has 1 N–H and O–H groups in total. The molecule has 17 heavy (non-hydrogen) atoms. The second-order valence-corrected chi connectivity index (χ2v) is 4.12. The zero-order valence-electron chi connectivity index (χ0n) is 9.81. The number of aromatic nitrogens is 2. The summed E-state index contributed by atoms with van der Waals surface area (Å²) in [4.78, 5) is 4.37. The number of hydrogen-bond acceptors (Lipinski definition) is 3. The van der Waals surface area contributed by atoms with E-state index in [2.05, 4.69) is 30.0 Å². The summed E-state index contributed by atoms with van der Waals surface area (Å²) in [5.74, 6) is 0. The quantitative estimate of drug-likeness (QED) is 0.663. The highest BCUT2D eigenvalue weighted by Crippen LogP contribution is 2.15. The van der Waals surface area contributed by atoms with Gasteiger partial charge in [-0.05, 0) is 30.2 Å². The molecule has 88 valence electrons. The van der Waals surface area contributed by atoms with Crippen LogP contribution in [0, 0.1) is 4.64 Å². The van der Waals surface area contributed by atoms with Gasteiger partial charge in [-0.25, -0.2) is 9.66 Å². The van der Waals surface area contributed by atoms with Gasteiger partial charge in [-0.3, -0.25) is 0 Å². The first-order chi connectivity index (χ1) is 8.27. The first-order valence-corrected chi connectivity index (χ1v) is 6.03. The number of nitrogens with one attached hydrogen (secondary N) is 1. The van der Waals surface area contributed by atoms with Crippen LogP contribution in [0.15, 0.2) is 37.1 Å². The molecule has 0 radical (unpaired) electrons. The van der Waals surface area contributed by atoms with Crippen molar-refractivity contribution in [3.05, 3.63) is 47.3 Å². The maximum atomic E-state index is 5.46. The Balaban J connectivity index is 2.70. The van der Waals surface area contributed by atoms with Crippen LogP contribution in [0.4, 0.5) is 0 Å². The van der Waals surface area contributed by atoms with Crippen LogP contribution in [0.25, 0.3) is 11.0 Å². The van der Waals surface area contributed by atoms with Crippen LogP contribution >= 0.6 is 12.2 Å². The summed E-state index contributed by atoms with van der Waals surface area (Å²) in [7, 11) is 0. The average Bonchev–Trinajstić information content (AvgIpc) is 2.37. The number of nitrogens with zero attached hydrogens (tertiary/aromatic N) is 2. The predicted octanol–water partition coefficient (Wildman–Crippen LogP) is 3.06. The van der Waals surface area contributed by atoms with Gasteiger partial charge in [0, 0.05) is 18.1 Å². The second-order valence-electron chi connectivity index (χ2n) is 3.73. The van der Waals surface area contributed by atoms with Crippen molar-refractivity contribution in [1.82, 2.24) is 9.66 Å². The molecule has 0 saturated heterocycles. The normalized spacial score (nSPS) is 10.4. The van der Waals surface area contributed by atoms with Gasteiger partial charge in [-0.2, -0.15) is 0 Å². The minimum Gasteiger partial charge on any atom is -0.319 e. The SMILES string of the molecule is C=CCNn1c(=S)c(CC)cc2cccnc21. The molecule has 0 aromatic carbocycles. The molecule has 2 heterocycles. The Kier molecular flexibility index (Phi) is 3.54. The maximum absolute atomic E-state index is 5.46. The molecular weight excluding hydrogens is 230 g/mol. The van der Waals surface area contributed by atoms with Gasteiger partial charge in [0.15, 0.2) is 5.65 Å². The van der Waals surface area contributed by atoms with Crippen LogP contribution in [0.3, 0.4) is 0 Å². The third kappa shape index (κ3) is 2.22. The van der Waals surface area contributed by atoms with Gasteiger partial charge in [0.05, 0.1) is 0 Å². The third-order valence-electron chi connectivity index (χ3n) is 2.61. The summed E-state index contributed by atoms with van der Waals surface area (Å²) < 4.78 is 2.66. The van der Waals surface area contributed by atoms with Gasteiger partial charge < -0.3 is 5.43 Å². The van der Waals surface area contributed by atoms with Gasteiger partial charge in [0.2, 0.25) is 0 Å². The average molecular weight is 245 g/mol. The van der Waals surface area contributed by atoms with E-state index in [0.29, 0.717) is 6.54 Å². The summed E-state index contributed by atoms with van der Waals surface area (Å²) in [5, 5.41) is 1.09. The van der Waals surface area contributed by atoms with E-state index < -0.39 is 0 Å². The standard InChI is InChI=1S/C13H15N3S/c1-3-7-15-16-12-11(6-5-8-14-12)9-10(4-2)13(16)17/h3,5-6,8-9,15H,1,4,7H2,2H3. The minimum atomic E-state index is 0.660. The van der Waals surface area contributed by atoms with E-state index in [0.717, 1.165) is 27.7 Å². The van der Waals surface area contributed by atoms with Gasteiger partial charge >= 0.3 is 0 Å². The Morgan fingerprint density at radius 1 is 1.59 bits per heavy atom. The largest absolute Gasteiger partial charge is 0.319 e. The lowest BCUT2D eigenvalue weighted by Crippen LogP contribution is -2.18. The van der Waals surface area contributed by atoms with Crippen molar-refractivity contribution in [3.8, 4) is 0 Å². The van der Waals surface area contributed by atoms with Crippen LogP contribution < -0.4 is 5.43 Å². The van der Waals surface area contributed by atoms with E-state index in [1.54, 1.807) is 12.3 Å². The molecule has 0 spiro atoms. The van der Waals surface area contributed by atoms with Gasteiger partial charge in [0.25, 0.3) is 0 Å². The monoisotopic (exact) mass is 245 g/mol. The van der Waals surface area contributed by atoms with Crippen LogP contribution in [0.2, 0.25) is 0 Å². The molecule has 0 fully saturated rings. The van der Waals surface area contributed by atoms with Crippen molar-refractivity contribution in [3.63, 3.8) is 0 Å². The first kappa shape index (κ1) is 11.8. The third-order valence-corrected chi connectivity index (χ3v) is 3.06. The summed E-state index contributed by atoms with van der Waals surface area (Å²) in [6, 6.07) is 6.09. The van der Waals surface area contributed by atoms with Crippen molar-refractivity contribution in [1.29, 1.82) is 0 Å². The summed E-state index contributed by atoms with van der Waals surface area (Å²) in [5.41, 5.74) is 5.22. The van der Waals surface area contributed by atoms with E-state index in [9.17, 15) is 0 Å². The molecule has 2 aromatic rings. The van der Waals surface area contributed by atoms with E-state index in [1.807, 2.05) is 16.8 Å². The smallest absolute Gasteiger partial charge is 0.159 e. The fourth-order valence-corrected chi connectivity index (χ4v) is 2.11. The molecule has 0 aliphatic carbocycles. The van der Waals surface area contributed by atoms with Crippen molar-refractivity contribution in [2.24, 2.45) is 0 Å². The summed E-state index contributed by atoms with van der Waals surface area (Å²) in [6.45, 7) is 6.46. The lowest BCUT2D eigenvalue weighted by molar-refractivity contribution is 0.872. The summed E-state index contributed by atoms with van der Waals surface area (Å²) >= 11 is 5.46. The second kappa shape index (κ2) is 5.10. The number of rotatable bonds is 4. The summed E-state index contributed by atoms with van der Waals surface area (Å²) in [6.07, 6.45) is 4.49. The molecule has 0 unspecified atom stereocenters. The molecule has 3 nitrogen and oxygen atoms in total. The molecule has 2 rings (SSSR count). The van der Waals surface area contributed by atoms with E-state index in [4.69, 9.17) is 12.2 Å². The molecule has 0 amide bonds. The fourth-order valence-electron chi connectivity index (χ4n) is 1.75. The molecule has 4 heteroatoms. The molecular formula is C13H15N3S. The van der Waals surface area contributed by atoms with Crippen LogP contribution in [0.1, 0.15) is 12.5 Å². The molecule has 0 aliphatic heterocycles. The van der Waals surface area contributed by atoms with Crippen LogP contribution in [-0.4, -0.2) is 16.2 Å². The number of aryl methyl sites for hydroxylation is 1. The Labute approximate surface area is 106 Å². The number of fused-ring (bicyclic) bond motifs is 1. The zero-order chi connectivity index (χ0) is 12.3. The predicted molar refractivity (Wildman–Crippen MR) is 74.4 cm³/mol. The molecule has 0 aliphatic rings. The highest BCUT2D eigenvalue weighted by Gasteiger charge is 2.05. The Morgan fingerprint density at radius 3 is 3.12 bits per heavy atom. The first-order valence-electron chi connectivity index (χ1n) is 5.62. The molecule has 0 saturated carbocycles. The van der Waals surface area contributed by atoms with E-state index in [-0.39, 0.29) is 0 Å². The fraction of sp³-hybridized carbons (Fsp3) is 0.231.